The van der Waals surface area contributed by atoms with Crippen molar-refractivity contribution in [3.63, 3.8) is 0 Å². The number of rotatable bonds is 1. The second-order valence-corrected chi connectivity index (χ2v) is 8.48. The molecule has 1 N–H and O–H groups in total. The fourth-order valence-corrected chi connectivity index (χ4v) is 4.41. The largest absolute Gasteiger partial charge is 0.503 e. The number of carbonyl (C=O) groups excluding carboxylic acids is 1. The number of aromatic nitrogens is 1. The molecule has 0 radical (unpaired) electrons. The summed E-state index contributed by atoms with van der Waals surface area (Å²) >= 11 is 0. The van der Waals surface area contributed by atoms with E-state index in [0.717, 1.165) is 16.9 Å². The number of nitrogens with zero attached hydrogens (tertiary/aromatic N) is 2. The van der Waals surface area contributed by atoms with E-state index in [4.69, 9.17) is 4.74 Å². The van der Waals surface area contributed by atoms with Crippen LogP contribution in [0.5, 0.6) is 11.5 Å². The summed E-state index contributed by atoms with van der Waals surface area (Å²) in [5.74, 6) is -0.364. The van der Waals surface area contributed by atoms with Gasteiger partial charge in [0.25, 0.3) is 0 Å². The Bertz CT molecular complexity index is 1230. The first-order valence-corrected chi connectivity index (χ1v) is 11.7. The van der Waals surface area contributed by atoms with Crippen LogP contribution >= 0.6 is 0 Å². The maximum Gasteiger partial charge on any atom is 0.224 e. The Morgan fingerprint density at radius 1 is 0.971 bits per heavy atom. The zero-order valence-electron chi connectivity index (χ0n) is 19.6. The molecule has 0 spiro atoms. The van der Waals surface area contributed by atoms with Gasteiger partial charge in [0.2, 0.25) is 5.43 Å². The number of ether oxygens (including phenoxy) is 1. The Labute approximate surface area is 199 Å². The van der Waals surface area contributed by atoms with Gasteiger partial charge in [-0.25, -0.2) is 0 Å². The van der Waals surface area contributed by atoms with Gasteiger partial charge in [0.15, 0.2) is 17.2 Å². The number of allylic oxidation sites excluding steroid dienone is 1. The number of carbonyl (C=O) groups is 1. The van der Waals surface area contributed by atoms with Crippen molar-refractivity contribution in [2.45, 2.75) is 32.7 Å². The lowest BCUT2D eigenvalue weighted by Gasteiger charge is -2.42. The maximum atomic E-state index is 13.2. The fourth-order valence-electron chi connectivity index (χ4n) is 4.41. The molecular formula is C28H30N2O4. The van der Waals surface area contributed by atoms with E-state index >= 15 is 0 Å². The number of Topliss-reactive ketones (excluding diaryl/α,β-unsaturated/α-hetero) is 1. The molecule has 0 aliphatic carbocycles. The molecule has 34 heavy (non-hydrogen) atoms. The van der Waals surface area contributed by atoms with Gasteiger partial charge in [-0.05, 0) is 18.1 Å². The molecule has 0 saturated heterocycles. The summed E-state index contributed by atoms with van der Waals surface area (Å²) in [5, 5.41) is 12.6. The molecule has 0 amide bonds. The van der Waals surface area contributed by atoms with Crippen molar-refractivity contribution in [3.05, 3.63) is 106 Å². The van der Waals surface area contributed by atoms with Gasteiger partial charge in [0, 0.05) is 30.3 Å². The molecular weight excluding hydrogens is 428 g/mol. The van der Waals surface area contributed by atoms with Gasteiger partial charge in [-0.15, -0.1) is 0 Å². The molecule has 5 rings (SSSR count). The number of aromatic hydroxyl groups is 1. The zero-order valence-corrected chi connectivity index (χ0v) is 19.6. The molecule has 1 aromatic heterocycles. The van der Waals surface area contributed by atoms with E-state index in [1.165, 1.54) is 12.5 Å². The van der Waals surface area contributed by atoms with Crippen LogP contribution in [0, 0.1) is 5.92 Å². The molecule has 6 nitrogen and oxygen atoms in total. The molecule has 3 heterocycles. The standard InChI is InChI=1S/C25H22N2O4.C3H8/c28-20-13-14-26-23(25(20)30)24(29)18-10-6-7-15-31-21-12-5-4-11-19(21)22(27(26)16-18)17-8-2-1-3-9-17;1-3-2/h1-9,11-14,18,22,30H,10,15-16H2;3H2,1-2H3/b7-6+;. The third-order valence-electron chi connectivity index (χ3n) is 5.89. The molecule has 2 unspecified atom stereocenters. The molecule has 2 aromatic carbocycles. The molecule has 2 aliphatic rings. The lowest BCUT2D eigenvalue weighted by atomic mass is 9.91. The first-order chi connectivity index (χ1) is 16.6. The number of pyridine rings is 1. The average molecular weight is 459 g/mol. The highest BCUT2D eigenvalue weighted by Crippen LogP contribution is 2.38. The Hall–Kier alpha value is -3.80. The Morgan fingerprint density at radius 2 is 1.68 bits per heavy atom. The molecule has 3 aromatic rings. The highest BCUT2D eigenvalue weighted by molar-refractivity contribution is 6.00. The predicted molar refractivity (Wildman–Crippen MR) is 133 cm³/mol. The van der Waals surface area contributed by atoms with Crippen molar-refractivity contribution in [1.29, 1.82) is 0 Å². The highest BCUT2D eigenvalue weighted by Gasteiger charge is 2.38. The minimum Gasteiger partial charge on any atom is -0.503 e. The van der Waals surface area contributed by atoms with Crippen molar-refractivity contribution in [1.82, 2.24) is 4.68 Å². The van der Waals surface area contributed by atoms with Gasteiger partial charge in [0.1, 0.15) is 12.4 Å². The van der Waals surface area contributed by atoms with Crippen LogP contribution in [0.3, 0.4) is 0 Å². The fraction of sp³-hybridized carbons (Fsp3) is 0.286. The average Bonchev–Trinajstić information content (AvgIpc) is 2.88. The van der Waals surface area contributed by atoms with E-state index in [2.05, 4.69) is 13.8 Å². The number of hydrogen-bond donors (Lipinski definition) is 1. The number of fused-ring (bicyclic) bond motifs is 5. The Balaban J connectivity index is 0.000000868. The van der Waals surface area contributed by atoms with E-state index in [1.807, 2.05) is 71.8 Å². The predicted octanol–water partition coefficient (Wildman–Crippen LogP) is 4.85. The summed E-state index contributed by atoms with van der Waals surface area (Å²) in [6, 6.07) is 18.8. The molecule has 2 atom stereocenters. The second kappa shape index (κ2) is 10.4. The van der Waals surface area contributed by atoms with Crippen LogP contribution < -0.4 is 15.2 Å². The first kappa shape index (κ1) is 23.4. The summed E-state index contributed by atoms with van der Waals surface area (Å²) in [6.07, 6.45) is 7.16. The minimum absolute atomic E-state index is 0.0377. The summed E-state index contributed by atoms with van der Waals surface area (Å²) in [6.45, 7) is 5.09. The van der Waals surface area contributed by atoms with E-state index in [1.54, 1.807) is 10.9 Å². The zero-order chi connectivity index (χ0) is 24.1. The molecule has 0 saturated carbocycles. The van der Waals surface area contributed by atoms with E-state index in [9.17, 15) is 14.7 Å². The molecule has 6 heteroatoms. The Morgan fingerprint density at radius 3 is 2.44 bits per heavy atom. The van der Waals surface area contributed by atoms with Gasteiger partial charge >= 0.3 is 0 Å². The van der Waals surface area contributed by atoms with E-state index < -0.39 is 11.2 Å². The van der Waals surface area contributed by atoms with E-state index in [-0.39, 0.29) is 23.4 Å². The lowest BCUT2D eigenvalue weighted by Crippen LogP contribution is -2.50. The second-order valence-electron chi connectivity index (χ2n) is 8.48. The van der Waals surface area contributed by atoms with Gasteiger partial charge < -0.3 is 9.84 Å². The first-order valence-electron chi connectivity index (χ1n) is 11.7. The monoisotopic (exact) mass is 458 g/mol. The number of para-hydroxylation sites is 1. The summed E-state index contributed by atoms with van der Waals surface area (Å²) in [5.41, 5.74) is 1.44. The van der Waals surface area contributed by atoms with Crippen LogP contribution in [0.2, 0.25) is 0 Å². The third-order valence-corrected chi connectivity index (χ3v) is 5.89. The quantitative estimate of drug-likeness (QED) is 0.528. The van der Waals surface area contributed by atoms with Crippen LogP contribution in [-0.2, 0) is 0 Å². The number of ketones is 1. The van der Waals surface area contributed by atoms with Crippen LogP contribution in [0.15, 0.2) is 83.8 Å². The van der Waals surface area contributed by atoms with Gasteiger partial charge in [-0.3, -0.25) is 19.3 Å². The molecule has 2 bridgehead atoms. The van der Waals surface area contributed by atoms with Crippen molar-refractivity contribution in [3.8, 4) is 11.5 Å². The Kier molecular flexibility index (Phi) is 7.16. The van der Waals surface area contributed by atoms with Crippen LogP contribution in [-0.4, -0.2) is 28.7 Å². The van der Waals surface area contributed by atoms with Crippen LogP contribution in [0.1, 0.15) is 54.3 Å². The number of benzene rings is 2. The van der Waals surface area contributed by atoms with Crippen molar-refractivity contribution >= 4 is 5.78 Å². The smallest absolute Gasteiger partial charge is 0.224 e. The minimum atomic E-state index is -0.556. The van der Waals surface area contributed by atoms with Gasteiger partial charge in [-0.1, -0.05) is 81.0 Å². The highest BCUT2D eigenvalue weighted by atomic mass is 16.5. The number of hydrogen-bond acceptors (Lipinski definition) is 5. The lowest BCUT2D eigenvalue weighted by molar-refractivity contribution is 0.0880. The van der Waals surface area contributed by atoms with E-state index in [0.29, 0.717) is 19.6 Å². The van der Waals surface area contributed by atoms with Crippen molar-refractivity contribution < 1.29 is 14.6 Å². The maximum absolute atomic E-state index is 13.2. The molecule has 0 fully saturated rings. The summed E-state index contributed by atoms with van der Waals surface area (Å²) in [4.78, 5) is 25.4. The van der Waals surface area contributed by atoms with Crippen LogP contribution in [0.25, 0.3) is 0 Å². The van der Waals surface area contributed by atoms with Crippen LogP contribution in [0.4, 0.5) is 0 Å². The normalized spacial score (nSPS) is 19.9. The summed E-state index contributed by atoms with van der Waals surface area (Å²) < 4.78 is 7.70. The van der Waals surface area contributed by atoms with Gasteiger partial charge in [-0.2, -0.15) is 0 Å². The SMILES string of the molecule is CCC.O=C1c2c(O)c(=O)ccn2N2CC1C/C=C/COc1ccccc1C2c1ccccc1. The summed E-state index contributed by atoms with van der Waals surface area (Å²) in [7, 11) is 0. The third kappa shape index (κ3) is 4.49. The topological polar surface area (TPSA) is 71.8 Å². The van der Waals surface area contributed by atoms with Crippen molar-refractivity contribution in [2.24, 2.45) is 5.92 Å². The van der Waals surface area contributed by atoms with Crippen molar-refractivity contribution in [2.75, 3.05) is 18.2 Å². The molecule has 176 valence electrons. The molecule has 2 aliphatic heterocycles. The van der Waals surface area contributed by atoms with Gasteiger partial charge in [0.05, 0.1) is 6.04 Å².